The summed E-state index contributed by atoms with van der Waals surface area (Å²) in [6.45, 7) is 2.81. The zero-order valence-corrected chi connectivity index (χ0v) is 15.9. The van der Waals surface area contributed by atoms with Crippen LogP contribution in [0.5, 0.6) is 5.75 Å². The van der Waals surface area contributed by atoms with Crippen LogP contribution in [0, 0.1) is 16.0 Å². The van der Waals surface area contributed by atoms with Gasteiger partial charge in [0.15, 0.2) is 0 Å². The van der Waals surface area contributed by atoms with Crippen LogP contribution < -0.4 is 15.4 Å². The van der Waals surface area contributed by atoms with Crippen LogP contribution in [0.25, 0.3) is 0 Å². The summed E-state index contributed by atoms with van der Waals surface area (Å²) in [5.41, 5.74) is -2.20. The van der Waals surface area contributed by atoms with Crippen LogP contribution in [0.1, 0.15) is 19.4 Å². The van der Waals surface area contributed by atoms with E-state index in [1.807, 2.05) is 0 Å². The van der Waals surface area contributed by atoms with Crippen LogP contribution in [0.2, 0.25) is 0 Å². The van der Waals surface area contributed by atoms with Gasteiger partial charge in [0.2, 0.25) is 11.8 Å². The molecule has 11 heteroatoms. The maximum atomic E-state index is 13.0. The van der Waals surface area contributed by atoms with Gasteiger partial charge in [0.05, 0.1) is 17.4 Å². The lowest BCUT2D eigenvalue weighted by Gasteiger charge is -2.15. The molecule has 0 spiro atoms. The fourth-order valence-corrected chi connectivity index (χ4v) is 2.40. The summed E-state index contributed by atoms with van der Waals surface area (Å²) in [5, 5.41) is 15.7. The standard InChI is InChI=1S/C19H18F3N3O5/c1-11(10-30-15-6-3-13(4-7-15)23-12(2)26)18(27)24-14-5-8-17(25(28)29)16(9-14)19(20,21)22/h3-9,11H,10H2,1-2H3,(H,23,26)(H,24,27). The van der Waals surface area contributed by atoms with Gasteiger partial charge in [-0.25, -0.2) is 0 Å². The van der Waals surface area contributed by atoms with E-state index in [1.165, 1.54) is 13.8 Å². The summed E-state index contributed by atoms with van der Waals surface area (Å²) in [6, 6.07) is 8.62. The summed E-state index contributed by atoms with van der Waals surface area (Å²) in [4.78, 5) is 32.9. The van der Waals surface area contributed by atoms with Gasteiger partial charge in [0.25, 0.3) is 5.69 Å². The molecule has 0 saturated heterocycles. The predicted octanol–water partition coefficient (Wildman–Crippen LogP) is 4.23. The van der Waals surface area contributed by atoms with E-state index in [9.17, 15) is 32.9 Å². The minimum atomic E-state index is -4.94. The maximum Gasteiger partial charge on any atom is 0.423 e. The third-order valence-electron chi connectivity index (χ3n) is 3.89. The Hall–Kier alpha value is -3.63. The number of halogens is 3. The average Bonchev–Trinajstić information content (AvgIpc) is 2.65. The molecule has 2 aromatic rings. The van der Waals surface area contributed by atoms with Crippen molar-refractivity contribution in [2.75, 3.05) is 17.2 Å². The van der Waals surface area contributed by atoms with Crippen LogP contribution in [0.15, 0.2) is 42.5 Å². The SMILES string of the molecule is CC(=O)Nc1ccc(OCC(C)C(=O)Nc2ccc([N+](=O)[O-])c(C(F)(F)F)c2)cc1. The Morgan fingerprint density at radius 2 is 1.70 bits per heavy atom. The molecule has 2 amide bonds. The minimum absolute atomic E-state index is 0.0651. The highest BCUT2D eigenvalue weighted by atomic mass is 19.4. The van der Waals surface area contributed by atoms with Crippen molar-refractivity contribution in [1.29, 1.82) is 0 Å². The van der Waals surface area contributed by atoms with Crippen molar-refractivity contribution in [1.82, 2.24) is 0 Å². The van der Waals surface area contributed by atoms with Gasteiger partial charge in [-0.05, 0) is 36.4 Å². The summed E-state index contributed by atoms with van der Waals surface area (Å²) in [7, 11) is 0. The molecule has 0 radical (unpaired) electrons. The first-order chi connectivity index (χ1) is 14.0. The van der Waals surface area contributed by atoms with Gasteiger partial charge in [0.1, 0.15) is 11.3 Å². The van der Waals surface area contributed by atoms with Crippen molar-refractivity contribution in [2.45, 2.75) is 20.0 Å². The summed E-state index contributed by atoms with van der Waals surface area (Å²) in [5.74, 6) is -1.15. The molecule has 0 aliphatic carbocycles. The number of rotatable bonds is 7. The van der Waals surface area contributed by atoms with Crippen molar-refractivity contribution < 1.29 is 32.4 Å². The molecule has 2 rings (SSSR count). The molecule has 160 valence electrons. The molecule has 0 aromatic heterocycles. The van der Waals surface area contributed by atoms with Gasteiger partial charge in [-0.2, -0.15) is 13.2 Å². The fourth-order valence-electron chi connectivity index (χ4n) is 2.40. The number of hydrogen-bond acceptors (Lipinski definition) is 5. The van der Waals surface area contributed by atoms with Crippen molar-refractivity contribution >= 4 is 28.9 Å². The molecule has 30 heavy (non-hydrogen) atoms. The molecule has 0 saturated carbocycles. The number of carbonyl (C=O) groups excluding carboxylic acids is 2. The van der Waals surface area contributed by atoms with E-state index < -0.39 is 34.2 Å². The fraction of sp³-hybridized carbons (Fsp3) is 0.263. The highest BCUT2D eigenvalue weighted by molar-refractivity contribution is 5.92. The summed E-state index contributed by atoms with van der Waals surface area (Å²) >= 11 is 0. The molecule has 1 atom stereocenters. The number of nitro benzene ring substituents is 1. The lowest BCUT2D eigenvalue weighted by Crippen LogP contribution is -2.25. The van der Waals surface area contributed by atoms with E-state index in [0.717, 1.165) is 6.07 Å². The summed E-state index contributed by atoms with van der Waals surface area (Å²) < 4.78 is 44.6. The lowest BCUT2D eigenvalue weighted by atomic mass is 10.1. The zero-order valence-electron chi connectivity index (χ0n) is 15.9. The Labute approximate surface area is 169 Å². The molecule has 2 N–H and O–H groups in total. The molecule has 0 aliphatic rings. The first kappa shape index (κ1) is 22.7. The number of nitrogens with one attached hydrogen (secondary N) is 2. The van der Waals surface area contributed by atoms with Gasteiger partial charge in [-0.15, -0.1) is 0 Å². The van der Waals surface area contributed by atoms with Crippen LogP contribution in [-0.2, 0) is 15.8 Å². The Kier molecular flexibility index (Phi) is 6.98. The molecule has 0 fully saturated rings. The Morgan fingerprint density at radius 1 is 1.10 bits per heavy atom. The smallest absolute Gasteiger partial charge is 0.423 e. The number of carbonyl (C=O) groups is 2. The Morgan fingerprint density at radius 3 is 2.23 bits per heavy atom. The number of benzene rings is 2. The van der Waals surface area contributed by atoms with E-state index in [-0.39, 0.29) is 18.2 Å². The van der Waals surface area contributed by atoms with E-state index in [4.69, 9.17) is 4.74 Å². The maximum absolute atomic E-state index is 13.0. The molecule has 8 nitrogen and oxygen atoms in total. The monoisotopic (exact) mass is 425 g/mol. The second kappa shape index (κ2) is 9.25. The van der Waals surface area contributed by atoms with Crippen molar-refractivity contribution in [3.63, 3.8) is 0 Å². The first-order valence-electron chi connectivity index (χ1n) is 8.64. The topological polar surface area (TPSA) is 111 Å². The average molecular weight is 425 g/mol. The molecule has 1 unspecified atom stereocenters. The van der Waals surface area contributed by atoms with E-state index in [2.05, 4.69) is 10.6 Å². The third kappa shape index (κ3) is 6.19. The van der Waals surface area contributed by atoms with Gasteiger partial charge in [0, 0.05) is 24.4 Å². The van der Waals surface area contributed by atoms with E-state index in [0.29, 0.717) is 23.6 Å². The van der Waals surface area contributed by atoms with Crippen LogP contribution in [0.4, 0.5) is 30.2 Å². The number of ether oxygens (including phenoxy) is 1. The zero-order chi connectivity index (χ0) is 22.5. The van der Waals surface area contributed by atoms with E-state index >= 15 is 0 Å². The number of amides is 2. The highest BCUT2D eigenvalue weighted by Crippen LogP contribution is 2.37. The summed E-state index contributed by atoms with van der Waals surface area (Å²) in [6.07, 6.45) is -4.94. The molecular formula is C19H18F3N3O5. The second-order valence-corrected chi connectivity index (χ2v) is 6.39. The van der Waals surface area contributed by atoms with Gasteiger partial charge >= 0.3 is 6.18 Å². The van der Waals surface area contributed by atoms with Crippen molar-refractivity contribution in [3.8, 4) is 5.75 Å². The number of nitro groups is 1. The largest absolute Gasteiger partial charge is 0.493 e. The Bertz CT molecular complexity index is 945. The first-order valence-corrected chi connectivity index (χ1v) is 8.64. The molecule has 0 heterocycles. The van der Waals surface area contributed by atoms with Crippen LogP contribution in [-0.4, -0.2) is 23.3 Å². The molecule has 2 aromatic carbocycles. The predicted molar refractivity (Wildman–Crippen MR) is 102 cm³/mol. The van der Waals surface area contributed by atoms with Crippen LogP contribution in [0.3, 0.4) is 0 Å². The number of hydrogen-bond donors (Lipinski definition) is 2. The van der Waals surface area contributed by atoms with E-state index in [1.54, 1.807) is 24.3 Å². The van der Waals surface area contributed by atoms with Crippen molar-refractivity contribution in [3.05, 3.63) is 58.1 Å². The second-order valence-electron chi connectivity index (χ2n) is 6.39. The normalized spacial score (nSPS) is 12.0. The molecular weight excluding hydrogens is 407 g/mol. The third-order valence-corrected chi connectivity index (χ3v) is 3.89. The number of alkyl halides is 3. The van der Waals surface area contributed by atoms with Gasteiger partial charge < -0.3 is 15.4 Å². The Balaban J connectivity index is 2.00. The molecule has 0 bridgehead atoms. The minimum Gasteiger partial charge on any atom is -0.493 e. The number of anilines is 2. The van der Waals surface area contributed by atoms with Gasteiger partial charge in [-0.1, -0.05) is 6.92 Å². The number of nitrogens with zero attached hydrogens (tertiary/aromatic N) is 1. The van der Waals surface area contributed by atoms with Crippen LogP contribution >= 0.6 is 0 Å². The van der Waals surface area contributed by atoms with Gasteiger partial charge in [-0.3, -0.25) is 19.7 Å². The lowest BCUT2D eigenvalue weighted by molar-refractivity contribution is -0.388. The quantitative estimate of drug-likeness (QED) is 0.510. The van der Waals surface area contributed by atoms with Crippen molar-refractivity contribution in [2.24, 2.45) is 5.92 Å². The highest BCUT2D eigenvalue weighted by Gasteiger charge is 2.38. The molecule has 0 aliphatic heterocycles.